The quantitative estimate of drug-likeness (QED) is 0.717. The minimum atomic E-state index is 0.405. The first-order chi connectivity index (χ1) is 5.74. The predicted molar refractivity (Wildman–Crippen MR) is 56.6 cm³/mol. The summed E-state index contributed by atoms with van der Waals surface area (Å²) in [6, 6.07) is 0.405. The topological polar surface area (TPSA) is 29.3 Å². The van der Waals surface area contributed by atoms with Crippen LogP contribution in [0.15, 0.2) is 0 Å². The van der Waals surface area contributed by atoms with Crippen LogP contribution in [-0.4, -0.2) is 43.1 Å². The third-order valence-corrected chi connectivity index (χ3v) is 3.34. The van der Waals surface area contributed by atoms with Crippen molar-refractivity contribution in [3.8, 4) is 0 Å². The van der Waals surface area contributed by atoms with Gasteiger partial charge in [-0.1, -0.05) is 0 Å². The largest absolute Gasteiger partial charge is 0.327 e. The number of rotatable bonds is 3. The predicted octanol–water partition coefficient (Wildman–Crippen LogP) is 1.02. The third kappa shape index (κ3) is 2.96. The van der Waals surface area contributed by atoms with Crippen LogP contribution in [0, 0.1) is 5.92 Å². The molecule has 0 bridgehead atoms. The highest BCUT2D eigenvalue weighted by Crippen LogP contribution is 2.19. The van der Waals surface area contributed by atoms with Crippen LogP contribution >= 0.6 is 11.8 Å². The third-order valence-electron chi connectivity index (χ3n) is 2.63. The summed E-state index contributed by atoms with van der Waals surface area (Å²) < 4.78 is 0. The van der Waals surface area contributed by atoms with Crippen LogP contribution in [0.25, 0.3) is 0 Å². The monoisotopic (exact) mass is 188 g/mol. The first kappa shape index (κ1) is 10.4. The van der Waals surface area contributed by atoms with E-state index in [4.69, 9.17) is 5.73 Å². The molecule has 0 aromatic heterocycles. The fourth-order valence-electron chi connectivity index (χ4n) is 1.88. The highest BCUT2D eigenvalue weighted by molar-refractivity contribution is 7.98. The lowest BCUT2D eigenvalue weighted by atomic mass is 9.92. The van der Waals surface area contributed by atoms with Crippen molar-refractivity contribution in [1.29, 1.82) is 0 Å². The molecular formula is C9H20N2S. The van der Waals surface area contributed by atoms with Crippen LogP contribution in [0.2, 0.25) is 0 Å². The van der Waals surface area contributed by atoms with Gasteiger partial charge in [0.25, 0.3) is 0 Å². The van der Waals surface area contributed by atoms with E-state index in [1.54, 1.807) is 0 Å². The molecular weight excluding hydrogens is 168 g/mol. The lowest BCUT2D eigenvalue weighted by Crippen LogP contribution is -2.43. The van der Waals surface area contributed by atoms with E-state index >= 15 is 0 Å². The SMILES string of the molecule is CSCC(N)C1CCCN(C)C1. The zero-order valence-electron chi connectivity index (χ0n) is 8.12. The van der Waals surface area contributed by atoms with Crippen molar-refractivity contribution in [3.63, 3.8) is 0 Å². The summed E-state index contributed by atoms with van der Waals surface area (Å²) in [5, 5.41) is 0. The molecule has 1 saturated heterocycles. The fourth-order valence-corrected chi connectivity index (χ4v) is 2.54. The fraction of sp³-hybridized carbons (Fsp3) is 1.00. The Labute approximate surface area is 79.9 Å². The molecule has 1 aliphatic rings. The van der Waals surface area contributed by atoms with Crippen LogP contribution < -0.4 is 5.73 Å². The second-order valence-electron chi connectivity index (χ2n) is 3.78. The van der Waals surface area contributed by atoms with E-state index in [0.717, 1.165) is 11.7 Å². The summed E-state index contributed by atoms with van der Waals surface area (Å²) in [5.41, 5.74) is 6.07. The molecule has 0 radical (unpaired) electrons. The zero-order valence-corrected chi connectivity index (χ0v) is 8.94. The summed E-state index contributed by atoms with van der Waals surface area (Å²) in [5.74, 6) is 1.84. The number of hydrogen-bond donors (Lipinski definition) is 1. The Balaban J connectivity index is 2.29. The van der Waals surface area contributed by atoms with Gasteiger partial charge < -0.3 is 10.6 Å². The van der Waals surface area contributed by atoms with Crippen LogP contribution in [0.1, 0.15) is 12.8 Å². The molecule has 2 atom stereocenters. The molecule has 0 aromatic rings. The molecule has 1 heterocycles. The number of thioether (sulfide) groups is 1. The molecule has 0 amide bonds. The van der Waals surface area contributed by atoms with Gasteiger partial charge in [0, 0.05) is 18.3 Å². The smallest absolute Gasteiger partial charge is 0.0171 e. The van der Waals surface area contributed by atoms with Crippen LogP contribution in [0.3, 0.4) is 0 Å². The van der Waals surface area contributed by atoms with Gasteiger partial charge in [0.1, 0.15) is 0 Å². The van der Waals surface area contributed by atoms with Gasteiger partial charge in [-0.05, 0) is 38.6 Å². The first-order valence-electron chi connectivity index (χ1n) is 4.67. The molecule has 1 rings (SSSR count). The molecule has 0 aromatic carbocycles. The highest BCUT2D eigenvalue weighted by atomic mass is 32.2. The van der Waals surface area contributed by atoms with E-state index < -0.39 is 0 Å². The summed E-state index contributed by atoms with van der Waals surface area (Å²) >= 11 is 1.86. The summed E-state index contributed by atoms with van der Waals surface area (Å²) in [6.45, 7) is 2.45. The number of nitrogens with zero attached hydrogens (tertiary/aromatic N) is 1. The molecule has 3 heteroatoms. The Morgan fingerprint density at radius 3 is 3.00 bits per heavy atom. The van der Waals surface area contributed by atoms with E-state index in [-0.39, 0.29) is 0 Å². The van der Waals surface area contributed by atoms with Crippen LogP contribution in [0.4, 0.5) is 0 Å². The maximum Gasteiger partial charge on any atom is 0.0171 e. The van der Waals surface area contributed by atoms with Crippen molar-refractivity contribution in [3.05, 3.63) is 0 Å². The molecule has 0 spiro atoms. The summed E-state index contributed by atoms with van der Waals surface area (Å²) in [6.07, 6.45) is 4.78. The Morgan fingerprint density at radius 1 is 1.67 bits per heavy atom. The number of hydrogen-bond acceptors (Lipinski definition) is 3. The molecule has 1 aliphatic heterocycles. The van der Waals surface area contributed by atoms with E-state index in [9.17, 15) is 0 Å². The van der Waals surface area contributed by atoms with Crippen molar-refractivity contribution in [2.24, 2.45) is 11.7 Å². The maximum atomic E-state index is 6.07. The summed E-state index contributed by atoms with van der Waals surface area (Å²) in [4.78, 5) is 2.40. The van der Waals surface area contributed by atoms with Gasteiger partial charge in [-0.3, -0.25) is 0 Å². The second kappa shape index (κ2) is 5.10. The van der Waals surface area contributed by atoms with Crippen LogP contribution in [0.5, 0.6) is 0 Å². The van der Waals surface area contributed by atoms with Gasteiger partial charge in [0.05, 0.1) is 0 Å². The van der Waals surface area contributed by atoms with Gasteiger partial charge >= 0.3 is 0 Å². The van der Waals surface area contributed by atoms with E-state index in [0.29, 0.717) is 6.04 Å². The Hall–Kier alpha value is 0.270. The minimum Gasteiger partial charge on any atom is -0.327 e. The van der Waals surface area contributed by atoms with Gasteiger partial charge in [-0.25, -0.2) is 0 Å². The zero-order chi connectivity index (χ0) is 8.97. The molecule has 2 nitrogen and oxygen atoms in total. The number of likely N-dealkylation sites (tertiary alicyclic amines) is 1. The second-order valence-corrected chi connectivity index (χ2v) is 4.69. The van der Waals surface area contributed by atoms with Crippen molar-refractivity contribution >= 4 is 11.8 Å². The Morgan fingerprint density at radius 2 is 2.42 bits per heavy atom. The van der Waals surface area contributed by atoms with Crippen molar-refractivity contribution in [2.75, 3.05) is 32.1 Å². The lowest BCUT2D eigenvalue weighted by molar-refractivity contribution is 0.194. The van der Waals surface area contributed by atoms with Crippen LogP contribution in [-0.2, 0) is 0 Å². The lowest BCUT2D eigenvalue weighted by Gasteiger charge is -2.33. The maximum absolute atomic E-state index is 6.07. The molecule has 0 saturated carbocycles. The first-order valence-corrected chi connectivity index (χ1v) is 6.06. The number of nitrogens with two attached hydrogens (primary N) is 1. The normalized spacial score (nSPS) is 28.8. The average Bonchev–Trinajstić information content (AvgIpc) is 2.05. The van der Waals surface area contributed by atoms with E-state index in [1.165, 1.54) is 25.9 Å². The molecule has 2 unspecified atom stereocenters. The van der Waals surface area contributed by atoms with Gasteiger partial charge in [0.2, 0.25) is 0 Å². The van der Waals surface area contributed by atoms with E-state index in [1.807, 2.05) is 11.8 Å². The summed E-state index contributed by atoms with van der Waals surface area (Å²) in [7, 11) is 2.19. The Kier molecular flexibility index (Phi) is 4.40. The molecule has 0 aliphatic carbocycles. The Bertz CT molecular complexity index is 130. The molecule has 72 valence electrons. The molecule has 12 heavy (non-hydrogen) atoms. The minimum absolute atomic E-state index is 0.405. The van der Waals surface area contributed by atoms with Crippen molar-refractivity contribution in [1.82, 2.24) is 4.90 Å². The number of piperidine rings is 1. The standard InChI is InChI=1S/C9H20N2S/c1-11-5-3-4-8(6-11)9(10)7-12-2/h8-9H,3-7,10H2,1-2H3. The van der Waals surface area contributed by atoms with Crippen molar-refractivity contribution < 1.29 is 0 Å². The van der Waals surface area contributed by atoms with Gasteiger partial charge in [0.15, 0.2) is 0 Å². The highest BCUT2D eigenvalue weighted by Gasteiger charge is 2.22. The average molecular weight is 188 g/mol. The molecule has 1 fully saturated rings. The van der Waals surface area contributed by atoms with Crippen molar-refractivity contribution in [2.45, 2.75) is 18.9 Å². The van der Waals surface area contributed by atoms with Gasteiger partial charge in [-0.2, -0.15) is 11.8 Å². The van der Waals surface area contributed by atoms with E-state index in [2.05, 4.69) is 18.2 Å². The molecule has 2 N–H and O–H groups in total. The van der Waals surface area contributed by atoms with Gasteiger partial charge in [-0.15, -0.1) is 0 Å².